The average Bonchev–Trinajstić information content (AvgIpc) is 3.22. The number of anilines is 1. The third-order valence-corrected chi connectivity index (χ3v) is 6.07. The number of amides is 1. The van der Waals surface area contributed by atoms with Gasteiger partial charge in [-0.05, 0) is 30.5 Å². The van der Waals surface area contributed by atoms with Gasteiger partial charge in [0.15, 0.2) is 5.69 Å². The quantitative estimate of drug-likeness (QED) is 0.404. The van der Waals surface area contributed by atoms with E-state index in [4.69, 9.17) is 4.42 Å². The molecular formula is C20H30N4O6S. The molecule has 0 saturated carbocycles. The maximum atomic E-state index is 12.7. The average molecular weight is 455 g/mol. The number of carbonyl (C=O) groups excluding carboxylic acids is 1. The number of sulfonamides is 1. The fraction of sp³-hybridized carbons (Fsp3) is 0.550. The normalized spacial score (nSPS) is 14.6. The lowest BCUT2D eigenvalue weighted by atomic mass is 9.95. The molecule has 0 aliphatic carbocycles. The molecule has 2 aromatic heterocycles. The number of hydrogen-bond donors (Lipinski definition) is 3. The van der Waals surface area contributed by atoms with Gasteiger partial charge in [0.25, 0.3) is 5.91 Å². The van der Waals surface area contributed by atoms with Crippen molar-refractivity contribution < 1.29 is 27.8 Å². The molecule has 0 fully saturated rings. The summed E-state index contributed by atoms with van der Waals surface area (Å²) in [6.45, 7) is 2.04. The van der Waals surface area contributed by atoms with Crippen LogP contribution in [0.3, 0.4) is 0 Å². The SMILES string of the molecule is CCCCCC(O)C(O)C(Cc1ccncc1)NC(=O)c1coc(N(C)S(C)(=O)=O)n1. The van der Waals surface area contributed by atoms with E-state index in [0.717, 1.165) is 41.7 Å². The minimum atomic E-state index is -3.60. The molecule has 31 heavy (non-hydrogen) atoms. The fourth-order valence-corrected chi connectivity index (χ4v) is 3.34. The first-order valence-electron chi connectivity index (χ1n) is 10.1. The Morgan fingerprint density at radius 2 is 1.94 bits per heavy atom. The summed E-state index contributed by atoms with van der Waals surface area (Å²) in [5.74, 6) is -0.657. The number of aromatic nitrogens is 2. The van der Waals surface area contributed by atoms with E-state index < -0.39 is 34.2 Å². The van der Waals surface area contributed by atoms with E-state index in [1.807, 2.05) is 6.92 Å². The number of rotatable bonds is 12. The number of aliphatic hydroxyl groups excluding tert-OH is 2. The van der Waals surface area contributed by atoms with Crippen LogP contribution in [0, 0.1) is 0 Å². The van der Waals surface area contributed by atoms with Crippen molar-refractivity contribution in [3.63, 3.8) is 0 Å². The molecule has 0 bridgehead atoms. The molecule has 172 valence electrons. The zero-order valence-corrected chi connectivity index (χ0v) is 18.7. The summed E-state index contributed by atoms with van der Waals surface area (Å²) >= 11 is 0. The first kappa shape index (κ1) is 24.8. The summed E-state index contributed by atoms with van der Waals surface area (Å²) in [7, 11) is -2.35. The Labute approximate surface area is 182 Å². The van der Waals surface area contributed by atoms with Gasteiger partial charge < -0.3 is 19.9 Å². The number of nitrogens with one attached hydrogen (secondary N) is 1. The van der Waals surface area contributed by atoms with Gasteiger partial charge in [-0.3, -0.25) is 9.78 Å². The van der Waals surface area contributed by atoms with Crippen molar-refractivity contribution in [3.05, 3.63) is 42.0 Å². The molecule has 0 saturated heterocycles. The van der Waals surface area contributed by atoms with Crippen LogP contribution < -0.4 is 9.62 Å². The van der Waals surface area contributed by atoms with Gasteiger partial charge in [-0.15, -0.1) is 0 Å². The van der Waals surface area contributed by atoms with Crippen LogP contribution in [0.5, 0.6) is 0 Å². The van der Waals surface area contributed by atoms with Crippen molar-refractivity contribution in [2.45, 2.75) is 57.3 Å². The van der Waals surface area contributed by atoms with Crippen LogP contribution in [0.15, 0.2) is 35.2 Å². The number of carbonyl (C=O) groups is 1. The van der Waals surface area contributed by atoms with E-state index in [2.05, 4.69) is 15.3 Å². The number of hydrogen-bond acceptors (Lipinski definition) is 8. The highest BCUT2D eigenvalue weighted by molar-refractivity contribution is 7.92. The molecule has 3 atom stereocenters. The third kappa shape index (κ3) is 7.30. The molecule has 2 rings (SSSR count). The van der Waals surface area contributed by atoms with Crippen molar-refractivity contribution in [2.24, 2.45) is 0 Å². The molecule has 0 aromatic carbocycles. The second-order valence-corrected chi connectivity index (χ2v) is 9.45. The Morgan fingerprint density at radius 1 is 1.26 bits per heavy atom. The molecular weight excluding hydrogens is 424 g/mol. The lowest BCUT2D eigenvalue weighted by molar-refractivity contribution is -0.00834. The molecule has 2 aromatic rings. The van der Waals surface area contributed by atoms with Gasteiger partial charge in [0.2, 0.25) is 10.0 Å². The Kier molecular flexibility index (Phi) is 8.96. The second kappa shape index (κ2) is 11.2. The lowest BCUT2D eigenvalue weighted by Crippen LogP contribution is -2.50. The largest absolute Gasteiger partial charge is 0.430 e. The zero-order chi connectivity index (χ0) is 23.0. The minimum absolute atomic E-state index is 0.141. The standard InChI is InChI=1S/C20H30N4O6S/c1-4-5-6-7-17(25)18(26)15(12-14-8-10-21-11-9-14)22-19(27)16-13-30-20(23-16)24(2)31(3,28)29/h8-11,13,15,17-18,25-26H,4-7,12H2,1-3H3,(H,22,27). The molecule has 0 spiro atoms. The summed E-state index contributed by atoms with van der Waals surface area (Å²) in [4.78, 5) is 20.6. The smallest absolute Gasteiger partial charge is 0.311 e. The molecule has 3 unspecified atom stereocenters. The Morgan fingerprint density at radius 3 is 2.55 bits per heavy atom. The zero-order valence-electron chi connectivity index (χ0n) is 17.9. The number of unbranched alkanes of at least 4 members (excludes halogenated alkanes) is 2. The van der Waals surface area contributed by atoms with E-state index >= 15 is 0 Å². The molecule has 2 heterocycles. The Balaban J connectivity index is 2.16. The number of pyridine rings is 1. The van der Waals surface area contributed by atoms with E-state index in [1.54, 1.807) is 24.5 Å². The summed E-state index contributed by atoms with van der Waals surface area (Å²) in [6, 6.07) is 2.45. The summed E-state index contributed by atoms with van der Waals surface area (Å²) < 4.78 is 29.2. The van der Waals surface area contributed by atoms with Crippen LogP contribution in [-0.2, 0) is 16.4 Å². The fourth-order valence-electron chi connectivity index (χ4n) is 2.97. The first-order valence-corrected chi connectivity index (χ1v) is 11.9. The minimum Gasteiger partial charge on any atom is -0.430 e. The molecule has 0 aliphatic rings. The van der Waals surface area contributed by atoms with Crippen molar-refractivity contribution in [1.29, 1.82) is 0 Å². The third-order valence-electron chi connectivity index (χ3n) is 4.92. The monoisotopic (exact) mass is 454 g/mol. The van der Waals surface area contributed by atoms with Crippen LogP contribution in [0.25, 0.3) is 0 Å². The van der Waals surface area contributed by atoms with Gasteiger partial charge in [0.05, 0.1) is 18.4 Å². The van der Waals surface area contributed by atoms with Crippen LogP contribution in [0.1, 0.15) is 48.7 Å². The predicted molar refractivity (Wildman–Crippen MR) is 115 cm³/mol. The van der Waals surface area contributed by atoms with Crippen molar-refractivity contribution >= 4 is 21.9 Å². The molecule has 3 N–H and O–H groups in total. The molecule has 11 heteroatoms. The Hall–Kier alpha value is -2.50. The van der Waals surface area contributed by atoms with Crippen molar-refractivity contribution in [2.75, 3.05) is 17.6 Å². The highest BCUT2D eigenvalue weighted by Gasteiger charge is 2.29. The van der Waals surface area contributed by atoms with E-state index in [-0.39, 0.29) is 18.1 Å². The molecule has 0 aliphatic heterocycles. The van der Waals surface area contributed by atoms with Crippen LogP contribution in [0.2, 0.25) is 0 Å². The van der Waals surface area contributed by atoms with Crippen molar-refractivity contribution in [3.8, 4) is 0 Å². The summed E-state index contributed by atoms with van der Waals surface area (Å²) in [5.41, 5.74) is 0.677. The summed E-state index contributed by atoms with van der Waals surface area (Å²) in [5, 5.41) is 23.8. The first-order chi connectivity index (χ1) is 14.6. The van der Waals surface area contributed by atoms with Crippen LogP contribution in [-0.4, -0.2) is 66.1 Å². The predicted octanol–water partition coefficient (Wildman–Crippen LogP) is 1.11. The van der Waals surface area contributed by atoms with Gasteiger partial charge >= 0.3 is 6.01 Å². The number of aliphatic hydroxyl groups is 2. The van der Waals surface area contributed by atoms with Gasteiger partial charge in [0, 0.05) is 19.4 Å². The number of oxazole rings is 1. The van der Waals surface area contributed by atoms with Gasteiger partial charge in [-0.25, -0.2) is 12.7 Å². The highest BCUT2D eigenvalue weighted by Crippen LogP contribution is 2.17. The molecule has 10 nitrogen and oxygen atoms in total. The van der Waals surface area contributed by atoms with E-state index in [9.17, 15) is 23.4 Å². The van der Waals surface area contributed by atoms with Gasteiger partial charge in [-0.2, -0.15) is 4.98 Å². The molecule has 0 radical (unpaired) electrons. The highest BCUT2D eigenvalue weighted by atomic mass is 32.2. The van der Waals surface area contributed by atoms with Crippen LogP contribution in [0.4, 0.5) is 6.01 Å². The topological polar surface area (TPSA) is 146 Å². The van der Waals surface area contributed by atoms with E-state index in [0.29, 0.717) is 6.42 Å². The molecule has 1 amide bonds. The van der Waals surface area contributed by atoms with Gasteiger partial charge in [-0.1, -0.05) is 26.2 Å². The summed E-state index contributed by atoms with van der Waals surface area (Å²) in [6.07, 6.45) is 6.34. The van der Waals surface area contributed by atoms with E-state index in [1.165, 1.54) is 7.05 Å². The lowest BCUT2D eigenvalue weighted by Gasteiger charge is -2.27. The maximum Gasteiger partial charge on any atom is 0.311 e. The van der Waals surface area contributed by atoms with Crippen LogP contribution >= 0.6 is 0 Å². The van der Waals surface area contributed by atoms with Crippen molar-refractivity contribution in [1.82, 2.24) is 15.3 Å². The van der Waals surface area contributed by atoms with Gasteiger partial charge in [0.1, 0.15) is 12.4 Å². The second-order valence-electron chi connectivity index (χ2n) is 7.44. The number of nitrogens with zero attached hydrogens (tertiary/aromatic N) is 3. The maximum absolute atomic E-state index is 12.7. The Bertz CT molecular complexity index is 934.